The quantitative estimate of drug-likeness (QED) is 0.349. The van der Waals surface area contributed by atoms with Crippen molar-refractivity contribution in [3.8, 4) is 0 Å². The van der Waals surface area contributed by atoms with Gasteiger partial charge in [-0.05, 0) is 50.9 Å². The number of hydrogen-bond acceptors (Lipinski definition) is 4. The second-order valence-electron chi connectivity index (χ2n) is 8.17. The molecule has 3 rings (SSSR count). The van der Waals surface area contributed by atoms with Crippen molar-refractivity contribution in [3.63, 3.8) is 0 Å². The lowest BCUT2D eigenvalue weighted by Gasteiger charge is -2.20. The van der Waals surface area contributed by atoms with Gasteiger partial charge >= 0.3 is 0 Å². The molecule has 0 aromatic heterocycles. The largest absolute Gasteiger partial charge is 0.348 e. The van der Waals surface area contributed by atoms with Crippen molar-refractivity contribution >= 4 is 11.8 Å². The van der Waals surface area contributed by atoms with Gasteiger partial charge in [0.25, 0.3) is 0 Å². The number of amides is 2. The number of benzene rings is 1. The van der Waals surface area contributed by atoms with Gasteiger partial charge in [-0.25, -0.2) is 0 Å². The smallest absolute Gasteiger partial charge is 0.229 e. The Hall–Kier alpha value is -2.44. The van der Waals surface area contributed by atoms with Crippen molar-refractivity contribution in [1.82, 2.24) is 9.80 Å². The molecule has 2 unspecified atom stereocenters. The summed E-state index contributed by atoms with van der Waals surface area (Å²) in [6.07, 6.45) is 7.80. The van der Waals surface area contributed by atoms with Gasteiger partial charge in [0.2, 0.25) is 11.8 Å². The summed E-state index contributed by atoms with van der Waals surface area (Å²) in [4.78, 5) is 27.8. The Labute approximate surface area is 185 Å². The fraction of sp³-hybridized carbons (Fsp3) is 0.520. The molecule has 2 saturated heterocycles. The van der Waals surface area contributed by atoms with E-state index in [2.05, 4.69) is 13.2 Å². The molecule has 0 saturated carbocycles. The molecule has 0 bridgehead atoms. The normalized spacial score (nSPS) is 22.2. The number of nitrogens with zero attached hydrogens (tertiary/aromatic N) is 2. The first-order valence-corrected chi connectivity index (χ1v) is 11.3. The van der Waals surface area contributed by atoms with Crippen molar-refractivity contribution in [2.24, 2.45) is 11.8 Å². The number of ether oxygens (including phenoxy) is 2. The molecule has 6 nitrogen and oxygen atoms in total. The Balaban J connectivity index is 1.41. The van der Waals surface area contributed by atoms with Crippen LogP contribution in [0.25, 0.3) is 0 Å². The molecule has 0 N–H and O–H groups in total. The van der Waals surface area contributed by atoms with Crippen LogP contribution in [0.5, 0.6) is 0 Å². The van der Waals surface area contributed by atoms with Gasteiger partial charge in [-0.1, -0.05) is 43.5 Å². The van der Waals surface area contributed by atoms with E-state index in [1.807, 2.05) is 30.3 Å². The van der Waals surface area contributed by atoms with Crippen LogP contribution in [0.4, 0.5) is 0 Å². The van der Waals surface area contributed by atoms with Gasteiger partial charge < -0.3 is 19.3 Å². The summed E-state index contributed by atoms with van der Waals surface area (Å²) in [7, 11) is 0. The van der Waals surface area contributed by atoms with Crippen LogP contribution in [0, 0.1) is 11.8 Å². The Morgan fingerprint density at radius 1 is 0.871 bits per heavy atom. The molecule has 2 heterocycles. The zero-order chi connectivity index (χ0) is 22.1. The van der Waals surface area contributed by atoms with Crippen molar-refractivity contribution < 1.29 is 19.1 Å². The molecule has 2 amide bonds. The Bertz CT molecular complexity index is 707. The van der Waals surface area contributed by atoms with E-state index in [0.717, 1.165) is 57.2 Å². The van der Waals surface area contributed by atoms with Crippen LogP contribution in [-0.4, -0.2) is 47.9 Å². The summed E-state index contributed by atoms with van der Waals surface area (Å²) in [5.74, 6) is 0.471. The maximum Gasteiger partial charge on any atom is 0.229 e. The van der Waals surface area contributed by atoms with Crippen LogP contribution >= 0.6 is 0 Å². The second-order valence-corrected chi connectivity index (χ2v) is 8.17. The fourth-order valence-corrected chi connectivity index (χ4v) is 4.32. The molecule has 0 radical (unpaired) electrons. The number of carbonyl (C=O) groups is 2. The predicted octanol–water partition coefficient (Wildman–Crippen LogP) is 4.26. The first kappa shape index (κ1) is 23.2. The zero-order valence-electron chi connectivity index (χ0n) is 18.3. The van der Waals surface area contributed by atoms with E-state index in [9.17, 15) is 9.59 Å². The third kappa shape index (κ3) is 6.28. The SMILES string of the molecule is C=CN1CCC(CCCOC(OCCCC2CCN(C=C)C2=O)c2ccccc2)C1=O. The minimum Gasteiger partial charge on any atom is -0.348 e. The average Bonchev–Trinajstić information content (AvgIpc) is 3.34. The first-order valence-electron chi connectivity index (χ1n) is 11.3. The summed E-state index contributed by atoms with van der Waals surface area (Å²) < 4.78 is 12.1. The predicted molar refractivity (Wildman–Crippen MR) is 120 cm³/mol. The van der Waals surface area contributed by atoms with E-state index >= 15 is 0 Å². The zero-order valence-corrected chi connectivity index (χ0v) is 18.3. The lowest BCUT2D eigenvalue weighted by molar-refractivity contribution is -0.149. The molecule has 2 aliphatic heterocycles. The maximum atomic E-state index is 12.2. The van der Waals surface area contributed by atoms with Crippen LogP contribution in [0.15, 0.2) is 55.9 Å². The van der Waals surface area contributed by atoms with Crippen molar-refractivity contribution in [1.29, 1.82) is 0 Å². The lowest BCUT2D eigenvalue weighted by Crippen LogP contribution is -2.22. The molecular weight excluding hydrogens is 392 g/mol. The molecule has 2 fully saturated rings. The third-order valence-electron chi connectivity index (χ3n) is 6.15. The molecule has 0 spiro atoms. The van der Waals surface area contributed by atoms with Gasteiger partial charge in [-0.15, -0.1) is 0 Å². The fourth-order valence-electron chi connectivity index (χ4n) is 4.32. The van der Waals surface area contributed by atoms with E-state index in [1.54, 1.807) is 22.2 Å². The molecule has 6 heteroatoms. The summed E-state index contributed by atoms with van der Waals surface area (Å²) in [5, 5.41) is 0. The highest BCUT2D eigenvalue weighted by Crippen LogP contribution is 2.26. The topological polar surface area (TPSA) is 59.1 Å². The Morgan fingerprint density at radius 2 is 1.35 bits per heavy atom. The van der Waals surface area contributed by atoms with Crippen LogP contribution in [0.1, 0.15) is 50.4 Å². The average molecular weight is 427 g/mol. The molecule has 0 aliphatic carbocycles. The van der Waals surface area contributed by atoms with Gasteiger partial charge in [-0.3, -0.25) is 9.59 Å². The Kier molecular flexibility index (Phi) is 8.85. The highest BCUT2D eigenvalue weighted by molar-refractivity contribution is 5.82. The van der Waals surface area contributed by atoms with Gasteiger partial charge in [0.05, 0.1) is 13.2 Å². The maximum absolute atomic E-state index is 12.2. The monoisotopic (exact) mass is 426 g/mol. The first-order chi connectivity index (χ1) is 15.1. The lowest BCUT2D eigenvalue weighted by atomic mass is 10.0. The van der Waals surface area contributed by atoms with E-state index in [-0.39, 0.29) is 23.7 Å². The molecule has 31 heavy (non-hydrogen) atoms. The highest BCUT2D eigenvalue weighted by Gasteiger charge is 2.30. The summed E-state index contributed by atoms with van der Waals surface area (Å²) in [5.41, 5.74) is 0.979. The van der Waals surface area contributed by atoms with Crippen LogP contribution in [-0.2, 0) is 19.1 Å². The summed E-state index contributed by atoms with van der Waals surface area (Å²) in [6.45, 7) is 9.98. The van der Waals surface area contributed by atoms with E-state index in [4.69, 9.17) is 9.47 Å². The standard InChI is InChI=1S/C25H34N2O4/c1-3-26-16-14-20(23(26)28)12-8-18-30-25(22-10-6-5-7-11-22)31-19-9-13-21-15-17-27(4-2)24(21)29/h3-7,10-11,20-21,25H,1-2,8-9,12-19H2. The molecule has 168 valence electrons. The molecular formula is C25H34N2O4. The molecule has 2 atom stereocenters. The number of likely N-dealkylation sites (tertiary alicyclic amines) is 2. The summed E-state index contributed by atoms with van der Waals surface area (Å²) >= 11 is 0. The summed E-state index contributed by atoms with van der Waals surface area (Å²) in [6, 6.07) is 9.90. The highest BCUT2D eigenvalue weighted by atomic mass is 16.7. The minimum absolute atomic E-state index is 0.0665. The number of carbonyl (C=O) groups excluding carboxylic acids is 2. The van der Waals surface area contributed by atoms with E-state index in [0.29, 0.717) is 13.2 Å². The van der Waals surface area contributed by atoms with Crippen LogP contribution in [0.3, 0.4) is 0 Å². The van der Waals surface area contributed by atoms with E-state index < -0.39 is 6.29 Å². The van der Waals surface area contributed by atoms with Gasteiger partial charge in [0, 0.05) is 30.5 Å². The van der Waals surface area contributed by atoms with Crippen molar-refractivity contribution in [3.05, 3.63) is 61.5 Å². The van der Waals surface area contributed by atoms with Crippen molar-refractivity contribution in [2.45, 2.75) is 44.8 Å². The minimum atomic E-state index is -0.436. The number of rotatable bonds is 13. The van der Waals surface area contributed by atoms with Crippen molar-refractivity contribution in [2.75, 3.05) is 26.3 Å². The van der Waals surface area contributed by atoms with Gasteiger partial charge in [-0.2, -0.15) is 0 Å². The van der Waals surface area contributed by atoms with Crippen LogP contribution in [0.2, 0.25) is 0 Å². The van der Waals surface area contributed by atoms with Crippen LogP contribution < -0.4 is 0 Å². The van der Waals surface area contributed by atoms with Gasteiger partial charge in [0.15, 0.2) is 6.29 Å². The van der Waals surface area contributed by atoms with Gasteiger partial charge in [0.1, 0.15) is 0 Å². The second kappa shape index (κ2) is 11.8. The molecule has 1 aromatic rings. The van der Waals surface area contributed by atoms with E-state index in [1.165, 1.54) is 0 Å². The molecule has 1 aromatic carbocycles. The third-order valence-corrected chi connectivity index (χ3v) is 6.15. The molecule has 2 aliphatic rings. The Morgan fingerprint density at radius 3 is 1.77 bits per heavy atom. The number of hydrogen-bond donors (Lipinski definition) is 0.